The SMILES string of the molecule is Cc1ccc(OC2CCN(Cc3ccncc3)CC2)c(C(=O)N2CCSCC2)c1. The number of benzene rings is 1. The van der Waals surface area contributed by atoms with E-state index >= 15 is 0 Å². The van der Waals surface area contributed by atoms with Gasteiger partial charge in [0.1, 0.15) is 11.9 Å². The van der Waals surface area contributed by atoms with Crippen LogP contribution >= 0.6 is 11.8 Å². The van der Waals surface area contributed by atoms with E-state index in [9.17, 15) is 4.79 Å². The molecule has 0 radical (unpaired) electrons. The number of rotatable bonds is 5. The number of hydrogen-bond acceptors (Lipinski definition) is 5. The monoisotopic (exact) mass is 411 g/mol. The number of ether oxygens (including phenoxy) is 1. The van der Waals surface area contributed by atoms with Crippen molar-refractivity contribution in [3.05, 3.63) is 59.4 Å². The van der Waals surface area contributed by atoms with E-state index in [-0.39, 0.29) is 12.0 Å². The van der Waals surface area contributed by atoms with Crippen molar-refractivity contribution >= 4 is 17.7 Å². The first-order chi connectivity index (χ1) is 14.2. The van der Waals surface area contributed by atoms with Gasteiger partial charge in [-0.25, -0.2) is 0 Å². The fourth-order valence-electron chi connectivity index (χ4n) is 3.96. The van der Waals surface area contributed by atoms with Crippen molar-refractivity contribution < 1.29 is 9.53 Å². The minimum Gasteiger partial charge on any atom is -0.489 e. The van der Waals surface area contributed by atoms with Gasteiger partial charge < -0.3 is 9.64 Å². The molecule has 2 aromatic rings. The van der Waals surface area contributed by atoms with Crippen molar-refractivity contribution in [2.75, 3.05) is 37.7 Å². The molecule has 5 nitrogen and oxygen atoms in total. The second-order valence-electron chi connectivity index (χ2n) is 7.85. The lowest BCUT2D eigenvalue weighted by molar-refractivity contribution is 0.0746. The summed E-state index contributed by atoms with van der Waals surface area (Å²) in [5.41, 5.74) is 3.11. The van der Waals surface area contributed by atoms with Crippen LogP contribution in [0.15, 0.2) is 42.7 Å². The average Bonchev–Trinajstić information content (AvgIpc) is 2.77. The van der Waals surface area contributed by atoms with Crippen molar-refractivity contribution in [3.63, 3.8) is 0 Å². The number of amides is 1. The Morgan fingerprint density at radius 3 is 2.55 bits per heavy atom. The van der Waals surface area contributed by atoms with Crippen LogP contribution in [-0.4, -0.2) is 64.5 Å². The van der Waals surface area contributed by atoms with Crippen LogP contribution in [-0.2, 0) is 6.54 Å². The van der Waals surface area contributed by atoms with Gasteiger partial charge in [0.25, 0.3) is 5.91 Å². The molecule has 0 unspecified atom stereocenters. The van der Waals surface area contributed by atoms with Gasteiger partial charge in [-0.1, -0.05) is 11.6 Å². The maximum atomic E-state index is 13.1. The Labute approximate surface area is 177 Å². The van der Waals surface area contributed by atoms with Crippen LogP contribution in [0.3, 0.4) is 0 Å². The third-order valence-corrected chi connectivity index (χ3v) is 6.59. The highest BCUT2D eigenvalue weighted by Gasteiger charge is 2.25. The summed E-state index contributed by atoms with van der Waals surface area (Å²) in [4.78, 5) is 21.6. The van der Waals surface area contributed by atoms with Crippen LogP contribution < -0.4 is 4.74 Å². The first-order valence-corrected chi connectivity index (χ1v) is 11.6. The molecule has 4 rings (SSSR count). The zero-order chi connectivity index (χ0) is 20.1. The summed E-state index contributed by atoms with van der Waals surface area (Å²) in [7, 11) is 0. The lowest BCUT2D eigenvalue weighted by Gasteiger charge is -2.33. The number of aryl methyl sites for hydroxylation is 1. The molecule has 154 valence electrons. The number of likely N-dealkylation sites (tertiary alicyclic amines) is 1. The Balaban J connectivity index is 1.38. The summed E-state index contributed by atoms with van der Waals surface area (Å²) < 4.78 is 6.36. The number of thioether (sulfide) groups is 1. The third kappa shape index (κ3) is 5.31. The zero-order valence-electron chi connectivity index (χ0n) is 17.0. The van der Waals surface area contributed by atoms with E-state index in [4.69, 9.17) is 4.74 Å². The van der Waals surface area contributed by atoms with Gasteiger partial charge in [-0.2, -0.15) is 11.8 Å². The molecule has 0 N–H and O–H groups in total. The van der Waals surface area contributed by atoms with Crippen molar-refractivity contribution in [2.45, 2.75) is 32.4 Å². The van der Waals surface area contributed by atoms with Crippen LogP contribution in [0.4, 0.5) is 0 Å². The largest absolute Gasteiger partial charge is 0.489 e. The smallest absolute Gasteiger partial charge is 0.257 e. The normalized spacial score (nSPS) is 18.6. The minimum atomic E-state index is 0.110. The van der Waals surface area contributed by atoms with Crippen molar-refractivity contribution in [1.29, 1.82) is 0 Å². The van der Waals surface area contributed by atoms with Gasteiger partial charge in [-0.15, -0.1) is 0 Å². The quantitative estimate of drug-likeness (QED) is 0.752. The Morgan fingerprint density at radius 1 is 1.10 bits per heavy atom. The Hall–Kier alpha value is -2.05. The fraction of sp³-hybridized carbons (Fsp3) is 0.478. The molecule has 0 spiro atoms. The van der Waals surface area contributed by atoms with E-state index in [2.05, 4.69) is 22.0 Å². The molecule has 1 amide bonds. The summed E-state index contributed by atoms with van der Waals surface area (Å²) in [6.45, 7) is 6.65. The molecular weight excluding hydrogens is 382 g/mol. The Kier molecular flexibility index (Phi) is 6.72. The second kappa shape index (κ2) is 9.63. The summed E-state index contributed by atoms with van der Waals surface area (Å²) in [5.74, 6) is 2.89. The molecule has 3 heterocycles. The van der Waals surface area contributed by atoms with Gasteiger partial charge >= 0.3 is 0 Å². The van der Waals surface area contributed by atoms with E-state index in [1.54, 1.807) is 0 Å². The Morgan fingerprint density at radius 2 is 1.83 bits per heavy atom. The van der Waals surface area contributed by atoms with Gasteiger partial charge in [-0.05, 0) is 49.6 Å². The standard InChI is InChI=1S/C23H29N3O2S/c1-18-2-3-22(21(16-18)23(27)26-12-14-29-15-13-26)28-20-6-10-25(11-7-20)17-19-4-8-24-9-5-19/h2-5,8-9,16,20H,6-7,10-15,17H2,1H3. The number of nitrogens with zero attached hydrogens (tertiary/aromatic N) is 3. The van der Waals surface area contributed by atoms with Crippen LogP contribution in [0, 0.1) is 6.92 Å². The Bertz CT molecular complexity index is 816. The molecule has 1 aromatic carbocycles. The summed E-state index contributed by atoms with van der Waals surface area (Å²) >= 11 is 1.91. The number of piperidine rings is 1. The summed E-state index contributed by atoms with van der Waals surface area (Å²) in [6.07, 6.45) is 5.82. The lowest BCUT2D eigenvalue weighted by atomic mass is 10.1. The molecular formula is C23H29N3O2S. The lowest BCUT2D eigenvalue weighted by Crippen LogP contribution is -2.39. The number of pyridine rings is 1. The number of carbonyl (C=O) groups excluding carboxylic acids is 1. The second-order valence-corrected chi connectivity index (χ2v) is 9.08. The highest BCUT2D eigenvalue weighted by atomic mass is 32.2. The van der Waals surface area contributed by atoms with Crippen molar-refractivity contribution in [3.8, 4) is 5.75 Å². The van der Waals surface area contributed by atoms with Crippen LogP contribution in [0.5, 0.6) is 5.75 Å². The zero-order valence-corrected chi connectivity index (χ0v) is 17.9. The van der Waals surface area contributed by atoms with E-state index in [0.717, 1.165) is 73.9 Å². The maximum absolute atomic E-state index is 13.1. The van der Waals surface area contributed by atoms with Gasteiger partial charge in [0.2, 0.25) is 0 Å². The van der Waals surface area contributed by atoms with Crippen molar-refractivity contribution in [1.82, 2.24) is 14.8 Å². The predicted molar refractivity (Wildman–Crippen MR) is 118 cm³/mol. The topological polar surface area (TPSA) is 45.7 Å². The van der Waals surface area contributed by atoms with Gasteiger partial charge in [0, 0.05) is 56.6 Å². The van der Waals surface area contributed by atoms with Gasteiger partial charge in [-0.3, -0.25) is 14.7 Å². The molecule has 29 heavy (non-hydrogen) atoms. The molecule has 1 aromatic heterocycles. The molecule has 2 fully saturated rings. The molecule has 0 aliphatic carbocycles. The first-order valence-electron chi connectivity index (χ1n) is 10.4. The average molecular weight is 412 g/mol. The first kappa shape index (κ1) is 20.2. The highest BCUT2D eigenvalue weighted by Crippen LogP contribution is 2.27. The van der Waals surface area contributed by atoms with Gasteiger partial charge in [0.05, 0.1) is 5.56 Å². The molecule has 6 heteroatoms. The molecule has 0 bridgehead atoms. The van der Waals surface area contributed by atoms with E-state index in [0.29, 0.717) is 0 Å². The number of aromatic nitrogens is 1. The highest BCUT2D eigenvalue weighted by molar-refractivity contribution is 7.99. The van der Waals surface area contributed by atoms with Crippen LogP contribution in [0.25, 0.3) is 0 Å². The van der Waals surface area contributed by atoms with E-state index in [1.807, 2.05) is 54.2 Å². The summed E-state index contributed by atoms with van der Waals surface area (Å²) in [5, 5.41) is 0. The van der Waals surface area contributed by atoms with Crippen molar-refractivity contribution in [2.24, 2.45) is 0 Å². The van der Waals surface area contributed by atoms with Crippen LogP contribution in [0.1, 0.15) is 34.3 Å². The third-order valence-electron chi connectivity index (χ3n) is 5.65. The van der Waals surface area contributed by atoms with Crippen LogP contribution in [0.2, 0.25) is 0 Å². The number of carbonyl (C=O) groups is 1. The number of hydrogen-bond donors (Lipinski definition) is 0. The molecule has 2 saturated heterocycles. The molecule has 2 aliphatic heterocycles. The molecule has 0 saturated carbocycles. The molecule has 2 aliphatic rings. The summed E-state index contributed by atoms with van der Waals surface area (Å²) in [6, 6.07) is 10.1. The van der Waals surface area contributed by atoms with Gasteiger partial charge in [0.15, 0.2) is 0 Å². The van der Waals surface area contributed by atoms with E-state index in [1.165, 1.54) is 5.56 Å². The minimum absolute atomic E-state index is 0.110. The maximum Gasteiger partial charge on any atom is 0.257 e. The predicted octanol–water partition coefficient (Wildman–Crippen LogP) is 3.62. The fourth-order valence-corrected chi connectivity index (χ4v) is 4.86. The van der Waals surface area contributed by atoms with E-state index < -0.39 is 0 Å². The molecule has 0 atom stereocenters.